The third kappa shape index (κ3) is 5.21. The third-order valence-corrected chi connectivity index (χ3v) is 3.47. The van der Waals surface area contributed by atoms with E-state index in [2.05, 4.69) is 36.5 Å². The molecule has 0 bridgehead atoms. The molecule has 0 saturated carbocycles. The van der Waals surface area contributed by atoms with Crippen LogP contribution < -0.4 is 10.1 Å². The van der Waals surface area contributed by atoms with Crippen LogP contribution in [-0.4, -0.2) is 25.9 Å². The van der Waals surface area contributed by atoms with E-state index in [-0.39, 0.29) is 0 Å². The fourth-order valence-corrected chi connectivity index (χ4v) is 2.35. The first-order chi connectivity index (χ1) is 9.38. The molecule has 1 aromatic carbocycles. The van der Waals surface area contributed by atoms with Crippen molar-refractivity contribution in [2.75, 3.05) is 19.8 Å². The molecule has 1 fully saturated rings. The average molecular weight is 263 g/mol. The third-order valence-electron chi connectivity index (χ3n) is 3.47. The molecule has 1 unspecified atom stereocenters. The van der Waals surface area contributed by atoms with Gasteiger partial charge in [-0.3, -0.25) is 0 Å². The molecule has 1 aliphatic heterocycles. The molecule has 0 amide bonds. The number of hydrogen-bond donors (Lipinski definition) is 1. The second kappa shape index (κ2) is 8.18. The number of ether oxygens (including phenoxy) is 2. The first kappa shape index (κ1) is 14.4. The summed E-state index contributed by atoms with van der Waals surface area (Å²) in [6, 6.07) is 8.35. The quantitative estimate of drug-likeness (QED) is 0.731. The minimum atomic E-state index is 0.478. The molecule has 1 aromatic rings. The van der Waals surface area contributed by atoms with E-state index < -0.39 is 0 Å². The predicted molar refractivity (Wildman–Crippen MR) is 77.5 cm³/mol. The normalized spacial score (nSPS) is 18.7. The van der Waals surface area contributed by atoms with Crippen molar-refractivity contribution in [3.05, 3.63) is 29.8 Å². The maximum atomic E-state index is 5.75. The highest BCUT2D eigenvalue weighted by Gasteiger charge is 2.14. The molecular formula is C16H25NO2. The molecule has 3 heteroatoms. The summed E-state index contributed by atoms with van der Waals surface area (Å²) in [5, 5.41) is 3.31. The molecule has 1 saturated heterocycles. The maximum absolute atomic E-state index is 5.75. The first-order valence-electron chi connectivity index (χ1n) is 7.42. The zero-order chi connectivity index (χ0) is 13.3. The van der Waals surface area contributed by atoms with Crippen molar-refractivity contribution in [3.63, 3.8) is 0 Å². The maximum Gasteiger partial charge on any atom is 0.119 e. The molecule has 0 aromatic heterocycles. The molecule has 106 valence electrons. The number of benzene rings is 1. The lowest BCUT2D eigenvalue weighted by molar-refractivity contribution is 0.0981. The molecular weight excluding hydrogens is 238 g/mol. The molecule has 1 N–H and O–H groups in total. The molecule has 0 radical (unpaired) electrons. The van der Waals surface area contributed by atoms with Crippen molar-refractivity contribution in [3.8, 4) is 5.75 Å². The van der Waals surface area contributed by atoms with Crippen molar-refractivity contribution in [2.24, 2.45) is 0 Å². The monoisotopic (exact) mass is 263 g/mol. The van der Waals surface area contributed by atoms with Crippen LogP contribution in [0.4, 0.5) is 0 Å². The van der Waals surface area contributed by atoms with E-state index in [0.717, 1.165) is 44.9 Å². The Bertz CT molecular complexity index is 344. The number of nitrogens with one attached hydrogen (secondary N) is 1. The van der Waals surface area contributed by atoms with E-state index in [1.54, 1.807) is 0 Å². The first-order valence-corrected chi connectivity index (χ1v) is 7.42. The summed E-state index contributed by atoms with van der Waals surface area (Å²) in [6.07, 6.45) is 5.12. The van der Waals surface area contributed by atoms with Crippen LogP contribution in [0.3, 0.4) is 0 Å². The summed E-state index contributed by atoms with van der Waals surface area (Å²) in [5.41, 5.74) is 1.30. The Morgan fingerprint density at radius 3 is 2.84 bits per heavy atom. The zero-order valence-corrected chi connectivity index (χ0v) is 11.9. The minimum absolute atomic E-state index is 0.478. The summed E-state index contributed by atoms with van der Waals surface area (Å²) in [6.45, 7) is 5.77. The Kier molecular flexibility index (Phi) is 6.18. The van der Waals surface area contributed by atoms with E-state index in [1.165, 1.54) is 18.4 Å². The standard InChI is InChI=1S/C16H25NO2/c1-2-17-13-14-7-9-16(10-8-14)19-12-4-6-15-5-3-11-18-15/h7-10,15,17H,2-6,11-13H2,1H3. The SMILES string of the molecule is CCNCc1ccc(OCCCC2CCCO2)cc1. The van der Waals surface area contributed by atoms with Gasteiger partial charge in [-0.15, -0.1) is 0 Å². The smallest absolute Gasteiger partial charge is 0.119 e. The minimum Gasteiger partial charge on any atom is -0.494 e. The fraction of sp³-hybridized carbons (Fsp3) is 0.625. The highest BCUT2D eigenvalue weighted by molar-refractivity contribution is 5.27. The van der Waals surface area contributed by atoms with Gasteiger partial charge in [0.05, 0.1) is 12.7 Å². The van der Waals surface area contributed by atoms with Crippen molar-refractivity contribution in [1.82, 2.24) is 5.32 Å². The Morgan fingerprint density at radius 1 is 1.32 bits per heavy atom. The number of rotatable bonds is 8. The van der Waals surface area contributed by atoms with Gasteiger partial charge in [-0.05, 0) is 49.9 Å². The van der Waals surface area contributed by atoms with E-state index in [4.69, 9.17) is 9.47 Å². The fourth-order valence-electron chi connectivity index (χ4n) is 2.35. The lowest BCUT2D eigenvalue weighted by Gasteiger charge is -2.10. The topological polar surface area (TPSA) is 30.5 Å². The predicted octanol–water partition coefficient (Wildman–Crippen LogP) is 3.13. The van der Waals surface area contributed by atoms with Crippen molar-refractivity contribution in [2.45, 2.75) is 45.3 Å². The van der Waals surface area contributed by atoms with Crippen molar-refractivity contribution in [1.29, 1.82) is 0 Å². The summed E-state index contributed by atoms with van der Waals surface area (Å²) in [5.74, 6) is 0.965. The van der Waals surface area contributed by atoms with Crippen molar-refractivity contribution >= 4 is 0 Å². The Labute approximate surface area is 116 Å². The molecule has 1 heterocycles. The van der Waals surface area contributed by atoms with Crippen LogP contribution in [-0.2, 0) is 11.3 Å². The van der Waals surface area contributed by atoms with Gasteiger partial charge < -0.3 is 14.8 Å². The van der Waals surface area contributed by atoms with Crippen LogP contribution in [0.2, 0.25) is 0 Å². The highest BCUT2D eigenvalue weighted by atomic mass is 16.5. The van der Waals surface area contributed by atoms with E-state index in [0.29, 0.717) is 6.10 Å². The molecule has 19 heavy (non-hydrogen) atoms. The second-order valence-corrected chi connectivity index (χ2v) is 5.05. The van der Waals surface area contributed by atoms with Crippen LogP contribution in [0.25, 0.3) is 0 Å². The summed E-state index contributed by atoms with van der Waals surface area (Å²) >= 11 is 0. The summed E-state index contributed by atoms with van der Waals surface area (Å²) in [4.78, 5) is 0. The van der Waals surface area contributed by atoms with Gasteiger partial charge in [0.2, 0.25) is 0 Å². The number of hydrogen-bond acceptors (Lipinski definition) is 3. The van der Waals surface area contributed by atoms with Gasteiger partial charge in [-0.25, -0.2) is 0 Å². The van der Waals surface area contributed by atoms with Crippen molar-refractivity contribution < 1.29 is 9.47 Å². The van der Waals surface area contributed by atoms with Crippen LogP contribution in [0.5, 0.6) is 5.75 Å². The second-order valence-electron chi connectivity index (χ2n) is 5.05. The van der Waals surface area contributed by atoms with Gasteiger partial charge in [-0.2, -0.15) is 0 Å². The van der Waals surface area contributed by atoms with Gasteiger partial charge in [0.25, 0.3) is 0 Å². The van der Waals surface area contributed by atoms with Gasteiger partial charge in [-0.1, -0.05) is 19.1 Å². The Balaban J connectivity index is 1.62. The zero-order valence-electron chi connectivity index (χ0n) is 11.9. The van der Waals surface area contributed by atoms with E-state index in [1.807, 2.05) is 0 Å². The van der Waals surface area contributed by atoms with Crippen LogP contribution >= 0.6 is 0 Å². The Morgan fingerprint density at radius 2 is 2.16 bits per heavy atom. The lowest BCUT2D eigenvalue weighted by atomic mass is 10.1. The van der Waals surface area contributed by atoms with E-state index >= 15 is 0 Å². The molecule has 3 nitrogen and oxygen atoms in total. The molecule has 2 rings (SSSR count). The summed E-state index contributed by atoms with van der Waals surface area (Å²) < 4.78 is 11.3. The van der Waals surface area contributed by atoms with Gasteiger partial charge in [0, 0.05) is 13.2 Å². The van der Waals surface area contributed by atoms with Crippen LogP contribution in [0, 0.1) is 0 Å². The van der Waals surface area contributed by atoms with Crippen LogP contribution in [0.15, 0.2) is 24.3 Å². The molecule has 0 spiro atoms. The van der Waals surface area contributed by atoms with Gasteiger partial charge in [0.1, 0.15) is 5.75 Å². The lowest BCUT2D eigenvalue weighted by Crippen LogP contribution is -2.11. The summed E-state index contributed by atoms with van der Waals surface area (Å²) in [7, 11) is 0. The Hall–Kier alpha value is -1.06. The molecule has 1 atom stereocenters. The largest absolute Gasteiger partial charge is 0.494 e. The van der Waals surface area contributed by atoms with Gasteiger partial charge in [0.15, 0.2) is 0 Å². The molecule has 0 aliphatic carbocycles. The molecule has 1 aliphatic rings. The van der Waals surface area contributed by atoms with Gasteiger partial charge >= 0.3 is 0 Å². The van der Waals surface area contributed by atoms with Crippen LogP contribution in [0.1, 0.15) is 38.2 Å². The average Bonchev–Trinajstić information content (AvgIpc) is 2.96. The van der Waals surface area contributed by atoms with E-state index in [9.17, 15) is 0 Å². The highest BCUT2D eigenvalue weighted by Crippen LogP contribution is 2.17.